The van der Waals surface area contributed by atoms with E-state index in [0.29, 0.717) is 11.3 Å². The maximum Gasteiger partial charge on any atom is 0.422 e. The number of hydrogen-bond donors (Lipinski definition) is 2. The van der Waals surface area contributed by atoms with E-state index in [9.17, 15) is 18.0 Å². The summed E-state index contributed by atoms with van der Waals surface area (Å²) in [5.74, 6) is -0.423. The molecule has 0 aliphatic rings. The maximum absolute atomic E-state index is 12.2. The van der Waals surface area contributed by atoms with Gasteiger partial charge in [0, 0.05) is 24.0 Å². The summed E-state index contributed by atoms with van der Waals surface area (Å²) in [4.78, 5) is 15.7. The maximum atomic E-state index is 12.2. The highest BCUT2D eigenvalue weighted by molar-refractivity contribution is 5.85. The molecule has 0 saturated heterocycles. The van der Waals surface area contributed by atoms with Gasteiger partial charge in [-0.2, -0.15) is 13.2 Å². The SMILES string of the molecule is Cl.Cl.Nc1ccc(CC(=O)NCc2cccnc2OCC(F)(F)F)cc1. The Labute approximate surface area is 161 Å². The van der Waals surface area contributed by atoms with E-state index in [1.54, 1.807) is 36.4 Å². The zero-order chi connectivity index (χ0) is 17.6. The van der Waals surface area contributed by atoms with Gasteiger partial charge >= 0.3 is 6.18 Å². The largest absolute Gasteiger partial charge is 0.468 e. The molecule has 2 aromatic rings. The van der Waals surface area contributed by atoms with Crippen LogP contribution >= 0.6 is 24.8 Å². The Balaban J connectivity index is 0.00000312. The molecule has 0 aliphatic carbocycles. The van der Waals surface area contributed by atoms with Gasteiger partial charge in [0.05, 0.1) is 6.42 Å². The number of anilines is 1. The van der Waals surface area contributed by atoms with Crippen molar-refractivity contribution < 1.29 is 22.7 Å². The molecular weight excluding hydrogens is 394 g/mol. The first kappa shape index (κ1) is 23.8. The van der Waals surface area contributed by atoms with Crippen LogP contribution in [0.25, 0.3) is 0 Å². The lowest BCUT2D eigenvalue weighted by Crippen LogP contribution is -2.25. The second-order valence-electron chi connectivity index (χ2n) is 5.07. The highest BCUT2D eigenvalue weighted by atomic mass is 35.5. The zero-order valence-electron chi connectivity index (χ0n) is 13.5. The van der Waals surface area contributed by atoms with Crippen molar-refractivity contribution in [3.8, 4) is 5.88 Å². The number of nitrogen functional groups attached to an aromatic ring is 1. The number of benzene rings is 1. The third kappa shape index (κ3) is 8.26. The third-order valence-electron chi connectivity index (χ3n) is 3.04. The van der Waals surface area contributed by atoms with Crippen LogP contribution in [0, 0.1) is 0 Å². The monoisotopic (exact) mass is 411 g/mol. The van der Waals surface area contributed by atoms with Gasteiger partial charge in [0.1, 0.15) is 0 Å². The number of nitrogens with one attached hydrogen (secondary N) is 1. The number of aromatic nitrogens is 1. The zero-order valence-corrected chi connectivity index (χ0v) is 15.1. The summed E-state index contributed by atoms with van der Waals surface area (Å²) in [5.41, 5.74) is 7.31. The van der Waals surface area contributed by atoms with Gasteiger partial charge in [-0.1, -0.05) is 18.2 Å². The Morgan fingerprint density at radius 2 is 1.81 bits per heavy atom. The van der Waals surface area contributed by atoms with Crippen molar-refractivity contribution >= 4 is 36.4 Å². The molecule has 0 saturated carbocycles. The first-order valence-electron chi connectivity index (χ1n) is 7.08. The van der Waals surface area contributed by atoms with E-state index in [4.69, 9.17) is 5.73 Å². The molecule has 1 amide bonds. The smallest absolute Gasteiger partial charge is 0.422 e. The number of ether oxygens (including phenoxy) is 1. The van der Waals surface area contributed by atoms with Crippen LogP contribution < -0.4 is 15.8 Å². The number of halogens is 5. The fourth-order valence-electron chi connectivity index (χ4n) is 1.92. The Bertz CT molecular complexity index is 698. The van der Waals surface area contributed by atoms with Crippen molar-refractivity contribution in [2.45, 2.75) is 19.1 Å². The topological polar surface area (TPSA) is 77.2 Å². The molecule has 144 valence electrons. The van der Waals surface area contributed by atoms with Crippen LogP contribution in [0.1, 0.15) is 11.1 Å². The molecule has 10 heteroatoms. The van der Waals surface area contributed by atoms with Crippen LogP contribution in [0.5, 0.6) is 5.88 Å². The van der Waals surface area contributed by atoms with Gasteiger partial charge in [-0.3, -0.25) is 4.79 Å². The van der Waals surface area contributed by atoms with Crippen LogP contribution in [0.4, 0.5) is 18.9 Å². The molecule has 5 nitrogen and oxygen atoms in total. The third-order valence-corrected chi connectivity index (χ3v) is 3.04. The lowest BCUT2D eigenvalue weighted by Gasteiger charge is -2.12. The second-order valence-corrected chi connectivity index (χ2v) is 5.07. The number of hydrogen-bond acceptors (Lipinski definition) is 4. The molecule has 2 rings (SSSR count). The van der Waals surface area contributed by atoms with Crippen LogP contribution in [-0.4, -0.2) is 23.7 Å². The first-order valence-corrected chi connectivity index (χ1v) is 7.08. The summed E-state index contributed by atoms with van der Waals surface area (Å²) in [6.07, 6.45) is -2.99. The van der Waals surface area contributed by atoms with Crippen LogP contribution in [0.15, 0.2) is 42.6 Å². The standard InChI is InChI=1S/C16H16F3N3O2.2ClH/c17-16(18,19)10-24-15-12(2-1-7-21-15)9-22-14(23)8-11-3-5-13(20)6-4-11;;/h1-7H,8-10,20H2,(H,22,23);2*1H. The predicted octanol–water partition coefficient (Wildman–Crippen LogP) is 3.31. The summed E-state index contributed by atoms with van der Waals surface area (Å²) < 4.78 is 41.3. The molecule has 1 heterocycles. The van der Waals surface area contributed by atoms with E-state index in [0.717, 1.165) is 5.56 Å². The Hall–Kier alpha value is -2.19. The minimum Gasteiger partial charge on any atom is -0.468 e. The minimum absolute atomic E-state index is 0. The molecule has 0 atom stereocenters. The average Bonchev–Trinajstić information content (AvgIpc) is 2.53. The Morgan fingerprint density at radius 3 is 2.42 bits per heavy atom. The van der Waals surface area contributed by atoms with Crippen molar-refractivity contribution in [3.05, 3.63) is 53.7 Å². The van der Waals surface area contributed by atoms with E-state index in [2.05, 4.69) is 15.0 Å². The van der Waals surface area contributed by atoms with E-state index >= 15 is 0 Å². The highest BCUT2D eigenvalue weighted by Crippen LogP contribution is 2.19. The second kappa shape index (κ2) is 10.7. The quantitative estimate of drug-likeness (QED) is 0.714. The molecule has 26 heavy (non-hydrogen) atoms. The van der Waals surface area contributed by atoms with Crippen LogP contribution in [-0.2, 0) is 17.8 Å². The molecule has 0 bridgehead atoms. The summed E-state index contributed by atoms with van der Waals surface area (Å²) >= 11 is 0. The summed E-state index contributed by atoms with van der Waals surface area (Å²) in [6.45, 7) is -1.41. The molecule has 0 spiro atoms. The van der Waals surface area contributed by atoms with Crippen molar-refractivity contribution in [2.24, 2.45) is 0 Å². The molecule has 0 fully saturated rings. The number of amides is 1. The van der Waals surface area contributed by atoms with E-state index in [1.807, 2.05) is 0 Å². The summed E-state index contributed by atoms with van der Waals surface area (Å²) in [7, 11) is 0. The lowest BCUT2D eigenvalue weighted by atomic mass is 10.1. The van der Waals surface area contributed by atoms with Gasteiger partial charge in [0.15, 0.2) is 6.61 Å². The van der Waals surface area contributed by atoms with E-state index < -0.39 is 12.8 Å². The van der Waals surface area contributed by atoms with Gasteiger partial charge in [0.2, 0.25) is 11.8 Å². The molecule has 0 unspecified atom stereocenters. The number of alkyl halides is 3. The van der Waals surface area contributed by atoms with Gasteiger partial charge in [0.25, 0.3) is 0 Å². The fraction of sp³-hybridized carbons (Fsp3) is 0.250. The highest BCUT2D eigenvalue weighted by Gasteiger charge is 2.29. The van der Waals surface area contributed by atoms with Crippen molar-refractivity contribution in [2.75, 3.05) is 12.3 Å². The number of nitrogens with zero attached hydrogens (tertiary/aromatic N) is 1. The molecule has 1 aromatic carbocycles. The predicted molar refractivity (Wildman–Crippen MR) is 96.7 cm³/mol. The minimum atomic E-state index is -4.45. The van der Waals surface area contributed by atoms with Crippen molar-refractivity contribution in [1.29, 1.82) is 0 Å². The van der Waals surface area contributed by atoms with Crippen molar-refractivity contribution in [3.63, 3.8) is 0 Å². The normalized spacial score (nSPS) is 10.3. The first-order chi connectivity index (χ1) is 11.3. The van der Waals surface area contributed by atoms with Crippen LogP contribution in [0.3, 0.4) is 0 Å². The molecule has 3 N–H and O–H groups in total. The average molecular weight is 412 g/mol. The number of nitrogens with two attached hydrogens (primary N) is 1. The van der Waals surface area contributed by atoms with Crippen LogP contribution in [0.2, 0.25) is 0 Å². The number of carbonyl (C=O) groups is 1. The molecular formula is C16H18Cl2F3N3O2. The van der Waals surface area contributed by atoms with Gasteiger partial charge in [-0.05, 0) is 23.8 Å². The van der Waals surface area contributed by atoms with Gasteiger partial charge < -0.3 is 15.8 Å². The summed E-state index contributed by atoms with van der Waals surface area (Å²) in [5, 5.41) is 2.63. The Kier molecular flexibility index (Phi) is 9.82. The van der Waals surface area contributed by atoms with E-state index in [1.165, 1.54) is 6.20 Å². The number of rotatable bonds is 6. The van der Waals surface area contributed by atoms with Gasteiger partial charge in [-0.25, -0.2) is 4.98 Å². The molecule has 0 aliphatic heterocycles. The van der Waals surface area contributed by atoms with Crippen molar-refractivity contribution in [1.82, 2.24) is 10.3 Å². The number of pyridine rings is 1. The Morgan fingerprint density at radius 1 is 1.15 bits per heavy atom. The number of carbonyl (C=O) groups excluding carboxylic acids is 1. The van der Waals surface area contributed by atoms with Gasteiger partial charge in [-0.15, -0.1) is 24.8 Å². The van der Waals surface area contributed by atoms with E-state index in [-0.39, 0.29) is 49.6 Å². The molecule has 0 radical (unpaired) electrons. The molecule has 1 aromatic heterocycles. The summed E-state index contributed by atoms with van der Waals surface area (Å²) in [6, 6.07) is 9.94. The lowest BCUT2D eigenvalue weighted by molar-refractivity contribution is -0.154. The fourth-order valence-corrected chi connectivity index (χ4v) is 1.92.